The summed E-state index contributed by atoms with van der Waals surface area (Å²) in [5, 5.41) is 0. The molecular formula is C11H15NO. The van der Waals surface area contributed by atoms with Gasteiger partial charge >= 0.3 is 0 Å². The van der Waals surface area contributed by atoms with Crippen molar-refractivity contribution in [1.29, 1.82) is 0 Å². The van der Waals surface area contributed by atoms with Crippen LogP contribution in [-0.2, 0) is 0 Å². The first-order chi connectivity index (χ1) is 6.20. The van der Waals surface area contributed by atoms with Crippen LogP contribution in [0.5, 0.6) is 0 Å². The molecular weight excluding hydrogens is 162 g/mol. The lowest BCUT2D eigenvalue weighted by atomic mass is 10.0. The molecule has 13 heavy (non-hydrogen) atoms. The second-order valence-electron chi connectivity index (χ2n) is 3.59. The third kappa shape index (κ3) is 3.36. The second-order valence-corrected chi connectivity index (χ2v) is 3.59. The van der Waals surface area contributed by atoms with Crippen molar-refractivity contribution < 1.29 is 4.79 Å². The number of Topliss-reactive ketones (excluding diaryl/α,β-unsaturated/α-hetero) is 1. The van der Waals surface area contributed by atoms with E-state index in [0.717, 1.165) is 12.0 Å². The summed E-state index contributed by atoms with van der Waals surface area (Å²) < 4.78 is 0. The molecule has 1 aromatic heterocycles. The largest absolute Gasteiger partial charge is 0.294 e. The monoisotopic (exact) mass is 177 g/mol. The van der Waals surface area contributed by atoms with Gasteiger partial charge in [0.1, 0.15) is 0 Å². The number of pyridine rings is 1. The van der Waals surface area contributed by atoms with Crippen LogP contribution in [0.15, 0.2) is 24.5 Å². The van der Waals surface area contributed by atoms with Gasteiger partial charge in [0.15, 0.2) is 5.78 Å². The molecule has 0 amide bonds. The van der Waals surface area contributed by atoms with Gasteiger partial charge in [-0.2, -0.15) is 0 Å². The van der Waals surface area contributed by atoms with Crippen LogP contribution < -0.4 is 0 Å². The van der Waals surface area contributed by atoms with Gasteiger partial charge in [-0.3, -0.25) is 9.78 Å². The van der Waals surface area contributed by atoms with Crippen molar-refractivity contribution in [2.45, 2.75) is 26.7 Å². The van der Waals surface area contributed by atoms with Crippen molar-refractivity contribution in [3.05, 3.63) is 30.1 Å². The molecule has 0 aliphatic heterocycles. The Hall–Kier alpha value is -1.18. The maximum Gasteiger partial charge on any atom is 0.162 e. The molecule has 0 bridgehead atoms. The third-order valence-corrected chi connectivity index (χ3v) is 1.95. The highest BCUT2D eigenvalue weighted by molar-refractivity contribution is 5.95. The highest BCUT2D eigenvalue weighted by Crippen LogP contribution is 2.08. The van der Waals surface area contributed by atoms with E-state index in [9.17, 15) is 4.79 Å². The van der Waals surface area contributed by atoms with E-state index in [4.69, 9.17) is 0 Å². The summed E-state index contributed by atoms with van der Waals surface area (Å²) >= 11 is 0. The zero-order chi connectivity index (χ0) is 9.68. The molecule has 1 aromatic rings. The van der Waals surface area contributed by atoms with Gasteiger partial charge in [-0.25, -0.2) is 0 Å². The molecule has 2 heteroatoms. The van der Waals surface area contributed by atoms with Crippen molar-refractivity contribution >= 4 is 5.78 Å². The number of carbonyl (C=O) groups is 1. The zero-order valence-corrected chi connectivity index (χ0v) is 8.16. The minimum atomic E-state index is 0.219. The van der Waals surface area contributed by atoms with Crippen LogP contribution in [0.3, 0.4) is 0 Å². The first-order valence-corrected chi connectivity index (χ1v) is 4.63. The summed E-state index contributed by atoms with van der Waals surface area (Å²) in [5.74, 6) is 0.807. The highest BCUT2D eigenvalue weighted by Gasteiger charge is 2.05. The fourth-order valence-corrected chi connectivity index (χ4v) is 1.10. The van der Waals surface area contributed by atoms with Crippen molar-refractivity contribution in [1.82, 2.24) is 4.98 Å². The Bertz CT molecular complexity index is 267. The maximum absolute atomic E-state index is 11.5. The van der Waals surface area contributed by atoms with Gasteiger partial charge in [-0.05, 0) is 24.5 Å². The van der Waals surface area contributed by atoms with E-state index in [1.54, 1.807) is 24.5 Å². The lowest BCUT2D eigenvalue weighted by molar-refractivity contribution is 0.0975. The number of rotatable bonds is 4. The van der Waals surface area contributed by atoms with E-state index in [-0.39, 0.29) is 5.78 Å². The van der Waals surface area contributed by atoms with Gasteiger partial charge < -0.3 is 0 Å². The van der Waals surface area contributed by atoms with Crippen LogP contribution in [0.2, 0.25) is 0 Å². The van der Waals surface area contributed by atoms with Crippen LogP contribution in [0, 0.1) is 5.92 Å². The summed E-state index contributed by atoms with van der Waals surface area (Å²) in [7, 11) is 0. The molecule has 70 valence electrons. The molecule has 0 saturated carbocycles. The Morgan fingerprint density at radius 1 is 1.38 bits per heavy atom. The first-order valence-electron chi connectivity index (χ1n) is 4.63. The SMILES string of the molecule is CC(C)CCC(=O)c1ccncc1. The Morgan fingerprint density at radius 2 is 2.00 bits per heavy atom. The molecule has 0 aromatic carbocycles. The average Bonchev–Trinajstić information content (AvgIpc) is 2.15. The zero-order valence-electron chi connectivity index (χ0n) is 8.16. The molecule has 1 rings (SSSR count). The molecule has 0 fully saturated rings. The average molecular weight is 177 g/mol. The van der Waals surface area contributed by atoms with Crippen molar-refractivity contribution in [2.75, 3.05) is 0 Å². The van der Waals surface area contributed by atoms with Crippen molar-refractivity contribution in [2.24, 2.45) is 5.92 Å². The molecule has 0 aliphatic rings. The normalized spacial score (nSPS) is 10.4. The minimum absolute atomic E-state index is 0.219. The topological polar surface area (TPSA) is 30.0 Å². The smallest absolute Gasteiger partial charge is 0.162 e. The predicted molar refractivity (Wildman–Crippen MR) is 52.6 cm³/mol. The number of hydrogen-bond acceptors (Lipinski definition) is 2. The van der Waals surface area contributed by atoms with Crippen LogP contribution >= 0.6 is 0 Å². The minimum Gasteiger partial charge on any atom is -0.294 e. The molecule has 0 radical (unpaired) electrons. The lowest BCUT2D eigenvalue weighted by Gasteiger charge is -2.02. The summed E-state index contributed by atoms with van der Waals surface area (Å²) in [6, 6.07) is 3.53. The molecule has 1 heterocycles. The number of carbonyl (C=O) groups excluding carboxylic acids is 1. The van der Waals surface area contributed by atoms with E-state index in [2.05, 4.69) is 18.8 Å². The van der Waals surface area contributed by atoms with Crippen molar-refractivity contribution in [3.63, 3.8) is 0 Å². The molecule has 0 spiro atoms. The number of ketones is 1. The van der Waals surface area contributed by atoms with Gasteiger partial charge in [-0.1, -0.05) is 13.8 Å². The highest BCUT2D eigenvalue weighted by atomic mass is 16.1. The van der Waals surface area contributed by atoms with Crippen molar-refractivity contribution in [3.8, 4) is 0 Å². The molecule has 0 atom stereocenters. The Morgan fingerprint density at radius 3 is 2.54 bits per heavy atom. The predicted octanol–water partition coefficient (Wildman–Crippen LogP) is 2.70. The van der Waals surface area contributed by atoms with E-state index in [0.29, 0.717) is 12.3 Å². The number of aromatic nitrogens is 1. The standard InChI is InChI=1S/C11H15NO/c1-9(2)3-4-11(13)10-5-7-12-8-6-10/h5-9H,3-4H2,1-2H3. The number of nitrogens with zero attached hydrogens (tertiary/aromatic N) is 1. The Kier molecular flexibility index (Phi) is 3.62. The van der Waals surface area contributed by atoms with Crippen LogP contribution in [0.4, 0.5) is 0 Å². The van der Waals surface area contributed by atoms with Crippen LogP contribution in [0.25, 0.3) is 0 Å². The lowest BCUT2D eigenvalue weighted by Crippen LogP contribution is -2.01. The Labute approximate surface area is 79.0 Å². The van der Waals surface area contributed by atoms with E-state index in [1.807, 2.05) is 0 Å². The fourth-order valence-electron chi connectivity index (χ4n) is 1.10. The molecule has 0 aliphatic carbocycles. The first kappa shape index (κ1) is 9.90. The van der Waals surface area contributed by atoms with Gasteiger partial charge in [0, 0.05) is 24.4 Å². The van der Waals surface area contributed by atoms with E-state index < -0.39 is 0 Å². The molecule has 0 N–H and O–H groups in total. The third-order valence-electron chi connectivity index (χ3n) is 1.95. The van der Waals surface area contributed by atoms with Crippen LogP contribution in [0.1, 0.15) is 37.0 Å². The second kappa shape index (κ2) is 4.75. The van der Waals surface area contributed by atoms with E-state index >= 15 is 0 Å². The van der Waals surface area contributed by atoms with Gasteiger partial charge in [0.05, 0.1) is 0 Å². The van der Waals surface area contributed by atoms with Crippen LogP contribution in [-0.4, -0.2) is 10.8 Å². The molecule has 0 unspecified atom stereocenters. The summed E-state index contributed by atoms with van der Waals surface area (Å²) in [6.45, 7) is 4.25. The van der Waals surface area contributed by atoms with E-state index in [1.165, 1.54) is 0 Å². The Balaban J connectivity index is 2.50. The quantitative estimate of drug-likeness (QED) is 0.662. The maximum atomic E-state index is 11.5. The summed E-state index contributed by atoms with van der Waals surface area (Å²) in [6.07, 6.45) is 4.91. The fraction of sp³-hybridized carbons (Fsp3) is 0.455. The summed E-state index contributed by atoms with van der Waals surface area (Å²) in [4.78, 5) is 15.4. The van der Waals surface area contributed by atoms with Gasteiger partial charge in [0.2, 0.25) is 0 Å². The van der Waals surface area contributed by atoms with Gasteiger partial charge in [-0.15, -0.1) is 0 Å². The van der Waals surface area contributed by atoms with Gasteiger partial charge in [0.25, 0.3) is 0 Å². The summed E-state index contributed by atoms with van der Waals surface area (Å²) in [5.41, 5.74) is 0.774. The molecule has 2 nitrogen and oxygen atoms in total. The number of hydrogen-bond donors (Lipinski definition) is 0. The molecule has 0 saturated heterocycles.